The summed E-state index contributed by atoms with van der Waals surface area (Å²) in [6, 6.07) is 1.70. The topological polar surface area (TPSA) is 85.1 Å². The van der Waals surface area contributed by atoms with Crippen LogP contribution in [0.15, 0.2) is 16.7 Å². The number of primary sulfonamides is 1. The third kappa shape index (κ3) is 5.11. The van der Waals surface area contributed by atoms with Crippen molar-refractivity contribution < 1.29 is 8.42 Å². The van der Waals surface area contributed by atoms with Gasteiger partial charge in [0.05, 0.1) is 10.8 Å². The summed E-state index contributed by atoms with van der Waals surface area (Å²) in [6.45, 7) is 0.449. The van der Waals surface area contributed by atoms with Gasteiger partial charge < -0.3 is 5.32 Å². The quantitative estimate of drug-likeness (QED) is 0.804. The van der Waals surface area contributed by atoms with E-state index in [1.165, 1.54) is 0 Å². The molecule has 0 aliphatic carbocycles. The molecule has 8 heteroatoms. The van der Waals surface area contributed by atoms with Crippen LogP contribution in [0.5, 0.6) is 0 Å². The number of hydrogen-bond acceptors (Lipinski definition) is 4. The van der Waals surface area contributed by atoms with Gasteiger partial charge >= 0.3 is 0 Å². The first-order valence-corrected chi connectivity index (χ1v) is 7.32. The van der Waals surface area contributed by atoms with E-state index in [-0.39, 0.29) is 5.75 Å². The maximum absolute atomic E-state index is 10.7. The monoisotopic (exact) mass is 327 g/mol. The molecule has 0 saturated carbocycles. The fourth-order valence-corrected chi connectivity index (χ4v) is 2.27. The Morgan fingerprint density at radius 3 is 2.81 bits per heavy atom. The molecule has 16 heavy (non-hydrogen) atoms. The van der Waals surface area contributed by atoms with Crippen molar-refractivity contribution in [2.75, 3.05) is 17.6 Å². The zero-order valence-electron chi connectivity index (χ0n) is 8.28. The number of rotatable bonds is 5. The van der Waals surface area contributed by atoms with E-state index in [4.69, 9.17) is 16.7 Å². The molecule has 0 amide bonds. The van der Waals surface area contributed by atoms with Crippen LogP contribution < -0.4 is 10.5 Å². The second kappa shape index (κ2) is 5.81. The average Bonchev–Trinajstić information content (AvgIpc) is 2.13. The molecule has 0 aromatic carbocycles. The van der Waals surface area contributed by atoms with Crippen LogP contribution in [0.2, 0.25) is 5.02 Å². The van der Waals surface area contributed by atoms with Crippen molar-refractivity contribution in [2.24, 2.45) is 5.14 Å². The zero-order valence-corrected chi connectivity index (χ0v) is 11.4. The molecule has 0 radical (unpaired) electrons. The van der Waals surface area contributed by atoms with Crippen LogP contribution in [-0.4, -0.2) is 25.7 Å². The molecule has 0 aliphatic rings. The predicted molar refractivity (Wildman–Crippen MR) is 68.0 cm³/mol. The summed E-state index contributed by atoms with van der Waals surface area (Å²) in [7, 11) is -3.40. The van der Waals surface area contributed by atoms with Crippen molar-refractivity contribution in [3.63, 3.8) is 0 Å². The van der Waals surface area contributed by atoms with Crippen molar-refractivity contribution in [3.8, 4) is 0 Å². The Morgan fingerprint density at radius 2 is 2.25 bits per heavy atom. The van der Waals surface area contributed by atoms with Gasteiger partial charge in [0.15, 0.2) is 0 Å². The van der Waals surface area contributed by atoms with E-state index < -0.39 is 10.0 Å². The van der Waals surface area contributed by atoms with E-state index in [1.54, 1.807) is 12.3 Å². The summed E-state index contributed by atoms with van der Waals surface area (Å²) in [5, 5.41) is 8.27. The van der Waals surface area contributed by atoms with Gasteiger partial charge in [-0.2, -0.15) is 0 Å². The maximum atomic E-state index is 10.7. The van der Waals surface area contributed by atoms with E-state index in [1.807, 2.05) is 0 Å². The predicted octanol–water partition coefficient (Wildman–Crippen LogP) is 1.59. The lowest BCUT2D eigenvalue weighted by Gasteiger charge is -2.06. The van der Waals surface area contributed by atoms with Crippen LogP contribution >= 0.6 is 27.5 Å². The van der Waals surface area contributed by atoms with Gasteiger partial charge in [-0.25, -0.2) is 18.5 Å². The number of nitrogens with two attached hydrogens (primary N) is 1. The van der Waals surface area contributed by atoms with Gasteiger partial charge in [0.2, 0.25) is 10.0 Å². The second-order valence-electron chi connectivity index (χ2n) is 3.13. The SMILES string of the molecule is NS(=O)(=O)CCCNc1ncc(Br)cc1Cl. The van der Waals surface area contributed by atoms with Gasteiger partial charge in [0, 0.05) is 17.2 Å². The molecule has 1 aromatic heterocycles. The molecule has 1 aromatic rings. The van der Waals surface area contributed by atoms with E-state index in [0.717, 1.165) is 4.47 Å². The van der Waals surface area contributed by atoms with E-state index in [9.17, 15) is 8.42 Å². The lowest BCUT2D eigenvalue weighted by atomic mass is 10.4. The molecular weight excluding hydrogens is 318 g/mol. The Hall–Kier alpha value is -0.370. The number of nitrogens with zero attached hydrogens (tertiary/aromatic N) is 1. The molecule has 0 saturated heterocycles. The van der Waals surface area contributed by atoms with Gasteiger partial charge in [-0.1, -0.05) is 11.6 Å². The molecule has 5 nitrogen and oxygen atoms in total. The molecule has 1 heterocycles. The molecule has 0 atom stereocenters. The number of halogens is 2. The number of nitrogens with one attached hydrogen (secondary N) is 1. The minimum Gasteiger partial charge on any atom is -0.369 e. The van der Waals surface area contributed by atoms with E-state index >= 15 is 0 Å². The highest BCUT2D eigenvalue weighted by molar-refractivity contribution is 9.10. The first kappa shape index (κ1) is 13.7. The summed E-state index contributed by atoms with van der Waals surface area (Å²) in [4.78, 5) is 4.04. The van der Waals surface area contributed by atoms with Crippen molar-refractivity contribution in [3.05, 3.63) is 21.8 Å². The smallest absolute Gasteiger partial charge is 0.209 e. The summed E-state index contributed by atoms with van der Waals surface area (Å²) >= 11 is 9.13. The van der Waals surface area contributed by atoms with Crippen molar-refractivity contribution in [1.82, 2.24) is 4.98 Å². The third-order valence-electron chi connectivity index (χ3n) is 1.71. The average molecular weight is 329 g/mol. The third-order valence-corrected chi connectivity index (χ3v) is 3.29. The molecule has 1 rings (SSSR count). The Labute approximate surface area is 108 Å². The first-order chi connectivity index (χ1) is 7.38. The van der Waals surface area contributed by atoms with Gasteiger partial charge in [0.1, 0.15) is 5.82 Å². The van der Waals surface area contributed by atoms with Crippen LogP contribution in [0.3, 0.4) is 0 Å². The fourth-order valence-electron chi connectivity index (χ4n) is 1.02. The van der Waals surface area contributed by atoms with Crippen LogP contribution in [0.1, 0.15) is 6.42 Å². The number of anilines is 1. The lowest BCUT2D eigenvalue weighted by Crippen LogP contribution is -2.18. The van der Waals surface area contributed by atoms with Crippen molar-refractivity contribution in [2.45, 2.75) is 6.42 Å². The molecule has 0 bridgehead atoms. The van der Waals surface area contributed by atoms with Crippen LogP contribution in [0.25, 0.3) is 0 Å². The Kier molecular flexibility index (Phi) is 4.97. The number of aromatic nitrogens is 1. The summed E-state index contributed by atoms with van der Waals surface area (Å²) in [5.41, 5.74) is 0. The Bertz CT molecular complexity index is 466. The van der Waals surface area contributed by atoms with Crippen molar-refractivity contribution in [1.29, 1.82) is 0 Å². The summed E-state index contributed by atoms with van der Waals surface area (Å²) < 4.78 is 22.1. The maximum Gasteiger partial charge on any atom is 0.209 e. The van der Waals surface area contributed by atoms with Gasteiger partial charge in [0.25, 0.3) is 0 Å². The Morgan fingerprint density at radius 1 is 1.56 bits per heavy atom. The molecule has 0 fully saturated rings. The number of hydrogen-bond donors (Lipinski definition) is 2. The van der Waals surface area contributed by atoms with Gasteiger partial charge in [-0.05, 0) is 28.4 Å². The second-order valence-corrected chi connectivity index (χ2v) is 6.19. The largest absolute Gasteiger partial charge is 0.369 e. The minimum absolute atomic E-state index is 0.0614. The van der Waals surface area contributed by atoms with E-state index in [2.05, 4.69) is 26.2 Å². The van der Waals surface area contributed by atoms with Crippen molar-refractivity contribution >= 4 is 43.4 Å². The van der Waals surface area contributed by atoms with E-state index in [0.29, 0.717) is 23.8 Å². The standard InChI is InChI=1S/C8H11BrClN3O2S/c9-6-4-7(10)8(13-5-6)12-2-1-3-16(11,14)15/h4-5H,1-3H2,(H,12,13)(H2,11,14,15). The lowest BCUT2D eigenvalue weighted by molar-refractivity contribution is 0.596. The summed E-state index contributed by atoms with van der Waals surface area (Å²) in [6.07, 6.45) is 2.01. The molecule has 90 valence electrons. The van der Waals surface area contributed by atoms with Crippen LogP contribution in [0, 0.1) is 0 Å². The normalized spacial score (nSPS) is 11.4. The minimum atomic E-state index is -3.40. The fraction of sp³-hybridized carbons (Fsp3) is 0.375. The molecule has 0 aliphatic heterocycles. The van der Waals surface area contributed by atoms with Crippen LogP contribution in [-0.2, 0) is 10.0 Å². The number of pyridine rings is 1. The first-order valence-electron chi connectivity index (χ1n) is 4.44. The van der Waals surface area contributed by atoms with Gasteiger partial charge in [-0.15, -0.1) is 0 Å². The highest BCUT2D eigenvalue weighted by Gasteiger charge is 2.04. The van der Waals surface area contributed by atoms with Crippen LogP contribution in [0.4, 0.5) is 5.82 Å². The highest BCUT2D eigenvalue weighted by Crippen LogP contribution is 2.22. The highest BCUT2D eigenvalue weighted by atomic mass is 79.9. The van der Waals surface area contributed by atoms with Gasteiger partial charge in [-0.3, -0.25) is 0 Å². The summed E-state index contributed by atoms with van der Waals surface area (Å²) in [5.74, 6) is 0.466. The molecular formula is C8H11BrClN3O2S. The molecule has 3 N–H and O–H groups in total. The molecule has 0 unspecified atom stereocenters. The Balaban J connectivity index is 2.43. The zero-order chi connectivity index (χ0) is 12.2. The number of sulfonamides is 1. The molecule has 0 spiro atoms.